The second kappa shape index (κ2) is 5.42. The molecule has 0 heterocycles. The number of nitrogens with zero attached hydrogens (tertiary/aromatic N) is 1. The van der Waals surface area contributed by atoms with Crippen LogP contribution in [-0.2, 0) is 10.0 Å². The Bertz CT molecular complexity index is 695. The van der Waals surface area contributed by atoms with Crippen molar-refractivity contribution >= 4 is 21.4 Å². The van der Waals surface area contributed by atoms with E-state index < -0.39 is 10.0 Å². The molecule has 0 aliphatic rings. The van der Waals surface area contributed by atoms with Crippen LogP contribution in [0.5, 0.6) is 5.75 Å². The molecule has 5 nitrogen and oxygen atoms in total. The summed E-state index contributed by atoms with van der Waals surface area (Å²) in [7, 11) is 0.125. The Balaban J connectivity index is 2.24. The Kier molecular flexibility index (Phi) is 3.85. The van der Waals surface area contributed by atoms with Crippen LogP contribution in [0.4, 0.5) is 11.4 Å². The number of hydrogen-bond donors (Lipinski definition) is 2. The first-order valence-corrected chi connectivity index (χ1v) is 7.46. The second-order valence-electron chi connectivity index (χ2n) is 4.54. The van der Waals surface area contributed by atoms with Crippen molar-refractivity contribution < 1.29 is 13.5 Å². The molecule has 20 heavy (non-hydrogen) atoms. The minimum absolute atomic E-state index is 0.0224. The summed E-state index contributed by atoms with van der Waals surface area (Å²) >= 11 is 0. The van der Waals surface area contributed by atoms with Gasteiger partial charge in [-0.3, -0.25) is 4.72 Å². The van der Waals surface area contributed by atoms with Gasteiger partial charge in [0, 0.05) is 31.5 Å². The third-order valence-corrected chi connectivity index (χ3v) is 4.14. The van der Waals surface area contributed by atoms with Gasteiger partial charge in [-0.05, 0) is 36.4 Å². The lowest BCUT2D eigenvalue weighted by Gasteiger charge is -2.13. The van der Waals surface area contributed by atoms with Gasteiger partial charge in [0.25, 0.3) is 10.0 Å². The van der Waals surface area contributed by atoms with Gasteiger partial charge in [-0.15, -0.1) is 0 Å². The van der Waals surface area contributed by atoms with Crippen LogP contribution in [0.2, 0.25) is 0 Å². The lowest BCUT2D eigenvalue weighted by atomic mass is 10.3. The number of phenolic OH excluding ortho intramolecular Hbond substituents is 1. The van der Waals surface area contributed by atoms with Crippen molar-refractivity contribution in [3.8, 4) is 5.75 Å². The van der Waals surface area contributed by atoms with Crippen molar-refractivity contribution in [2.45, 2.75) is 4.90 Å². The predicted molar refractivity (Wildman–Crippen MR) is 79.7 cm³/mol. The number of anilines is 2. The first-order chi connectivity index (χ1) is 9.38. The molecule has 0 radical (unpaired) electrons. The summed E-state index contributed by atoms with van der Waals surface area (Å²) in [5.74, 6) is -0.0872. The van der Waals surface area contributed by atoms with Crippen LogP contribution in [0, 0.1) is 0 Å². The van der Waals surface area contributed by atoms with Gasteiger partial charge in [-0.2, -0.15) is 0 Å². The summed E-state index contributed by atoms with van der Waals surface area (Å²) in [5.41, 5.74) is 1.45. The van der Waals surface area contributed by atoms with Gasteiger partial charge >= 0.3 is 0 Å². The molecule has 0 amide bonds. The number of rotatable bonds is 4. The minimum atomic E-state index is -3.69. The lowest BCUT2D eigenvalue weighted by molar-refractivity contribution is 0.473. The van der Waals surface area contributed by atoms with E-state index in [-0.39, 0.29) is 10.6 Å². The molecule has 2 aromatic carbocycles. The molecular formula is C14H16N2O3S. The topological polar surface area (TPSA) is 69.6 Å². The van der Waals surface area contributed by atoms with Crippen molar-refractivity contribution in [2.75, 3.05) is 23.7 Å². The Hall–Kier alpha value is -2.21. The molecule has 0 aliphatic carbocycles. The highest BCUT2D eigenvalue weighted by Crippen LogP contribution is 2.21. The van der Waals surface area contributed by atoms with Crippen molar-refractivity contribution in [2.24, 2.45) is 0 Å². The maximum absolute atomic E-state index is 12.1. The molecular weight excluding hydrogens is 276 g/mol. The van der Waals surface area contributed by atoms with Crippen molar-refractivity contribution in [3.05, 3.63) is 48.5 Å². The Labute approximate surface area is 118 Å². The molecule has 0 fully saturated rings. The van der Waals surface area contributed by atoms with Gasteiger partial charge in [0.1, 0.15) is 5.75 Å². The number of phenols is 1. The summed E-state index contributed by atoms with van der Waals surface area (Å²) in [5, 5.41) is 9.34. The van der Waals surface area contributed by atoms with Crippen LogP contribution in [0.15, 0.2) is 53.4 Å². The summed E-state index contributed by atoms with van der Waals surface area (Å²) in [6, 6.07) is 12.6. The summed E-state index contributed by atoms with van der Waals surface area (Å²) in [6.07, 6.45) is 0. The largest absolute Gasteiger partial charge is 0.508 e. The number of nitrogens with one attached hydrogen (secondary N) is 1. The van der Waals surface area contributed by atoms with E-state index >= 15 is 0 Å². The second-order valence-corrected chi connectivity index (χ2v) is 6.23. The zero-order chi connectivity index (χ0) is 14.8. The molecule has 0 saturated heterocycles. The molecule has 6 heteroatoms. The fourth-order valence-corrected chi connectivity index (χ4v) is 2.79. The third kappa shape index (κ3) is 3.21. The summed E-state index contributed by atoms with van der Waals surface area (Å²) < 4.78 is 26.8. The van der Waals surface area contributed by atoms with Crippen LogP contribution < -0.4 is 9.62 Å². The third-order valence-electron chi connectivity index (χ3n) is 2.76. The molecule has 2 aromatic rings. The van der Waals surface area contributed by atoms with Crippen LogP contribution in [0.25, 0.3) is 0 Å². The number of sulfonamides is 1. The van der Waals surface area contributed by atoms with Crippen LogP contribution in [0.3, 0.4) is 0 Å². The maximum Gasteiger partial charge on any atom is 0.262 e. The molecule has 2 rings (SSSR count). The Morgan fingerprint density at radius 3 is 2.25 bits per heavy atom. The Morgan fingerprint density at radius 2 is 1.70 bits per heavy atom. The average molecular weight is 292 g/mol. The highest BCUT2D eigenvalue weighted by Gasteiger charge is 2.14. The van der Waals surface area contributed by atoms with Crippen molar-refractivity contribution in [3.63, 3.8) is 0 Å². The van der Waals surface area contributed by atoms with Crippen LogP contribution in [-0.4, -0.2) is 27.6 Å². The summed E-state index contributed by atoms with van der Waals surface area (Å²) in [4.78, 5) is 1.95. The highest BCUT2D eigenvalue weighted by atomic mass is 32.2. The van der Waals surface area contributed by atoms with Crippen LogP contribution >= 0.6 is 0 Å². The normalized spacial score (nSPS) is 11.1. The standard InChI is InChI=1S/C14H16N2O3S/c1-16(2)12-8-6-11(7-9-12)15-20(18,19)14-5-3-4-13(17)10-14/h3-10,15,17H,1-2H3. The number of aromatic hydroxyl groups is 1. The van der Waals surface area contributed by atoms with E-state index in [4.69, 9.17) is 0 Å². The quantitative estimate of drug-likeness (QED) is 0.907. The summed E-state index contributed by atoms with van der Waals surface area (Å²) in [6.45, 7) is 0. The number of benzene rings is 2. The van der Waals surface area contributed by atoms with Gasteiger partial charge in [0.2, 0.25) is 0 Å². The molecule has 0 spiro atoms. The lowest BCUT2D eigenvalue weighted by Crippen LogP contribution is -2.13. The SMILES string of the molecule is CN(C)c1ccc(NS(=O)(=O)c2cccc(O)c2)cc1. The molecule has 0 aromatic heterocycles. The molecule has 0 aliphatic heterocycles. The monoisotopic (exact) mass is 292 g/mol. The molecule has 0 unspecified atom stereocenters. The van der Waals surface area contributed by atoms with E-state index in [2.05, 4.69) is 4.72 Å². The first-order valence-electron chi connectivity index (χ1n) is 5.98. The molecule has 0 atom stereocenters. The fraction of sp³-hybridized carbons (Fsp3) is 0.143. The average Bonchev–Trinajstić information content (AvgIpc) is 2.39. The molecule has 0 bridgehead atoms. The highest BCUT2D eigenvalue weighted by molar-refractivity contribution is 7.92. The van der Waals surface area contributed by atoms with E-state index in [9.17, 15) is 13.5 Å². The van der Waals surface area contributed by atoms with Gasteiger partial charge in [0.15, 0.2) is 0 Å². The van der Waals surface area contributed by atoms with E-state index in [1.54, 1.807) is 12.1 Å². The van der Waals surface area contributed by atoms with Gasteiger partial charge in [-0.1, -0.05) is 6.07 Å². The van der Waals surface area contributed by atoms with Crippen LogP contribution in [0.1, 0.15) is 0 Å². The molecule has 2 N–H and O–H groups in total. The smallest absolute Gasteiger partial charge is 0.262 e. The van der Waals surface area contributed by atoms with Gasteiger partial charge < -0.3 is 10.0 Å². The maximum atomic E-state index is 12.1. The minimum Gasteiger partial charge on any atom is -0.508 e. The fourth-order valence-electron chi connectivity index (χ4n) is 1.69. The first kappa shape index (κ1) is 14.2. The Morgan fingerprint density at radius 1 is 1.05 bits per heavy atom. The van der Waals surface area contributed by atoms with E-state index in [0.717, 1.165) is 5.69 Å². The number of hydrogen-bond acceptors (Lipinski definition) is 4. The van der Waals surface area contributed by atoms with E-state index in [0.29, 0.717) is 5.69 Å². The molecule has 106 valence electrons. The predicted octanol–water partition coefficient (Wildman–Crippen LogP) is 2.26. The van der Waals surface area contributed by atoms with Gasteiger partial charge in [0.05, 0.1) is 4.90 Å². The van der Waals surface area contributed by atoms with E-state index in [1.807, 2.05) is 31.1 Å². The van der Waals surface area contributed by atoms with Gasteiger partial charge in [-0.25, -0.2) is 8.42 Å². The van der Waals surface area contributed by atoms with E-state index in [1.165, 1.54) is 24.3 Å². The zero-order valence-electron chi connectivity index (χ0n) is 11.2. The van der Waals surface area contributed by atoms with Crippen molar-refractivity contribution in [1.29, 1.82) is 0 Å². The van der Waals surface area contributed by atoms with Crippen molar-refractivity contribution in [1.82, 2.24) is 0 Å². The molecule has 0 saturated carbocycles. The zero-order valence-corrected chi connectivity index (χ0v) is 12.1.